The maximum atomic E-state index is 5.89. The van der Waals surface area contributed by atoms with Crippen molar-refractivity contribution < 1.29 is 4.74 Å². The first-order valence-corrected chi connectivity index (χ1v) is 7.75. The second kappa shape index (κ2) is 5.66. The van der Waals surface area contributed by atoms with E-state index >= 15 is 0 Å². The molecule has 2 aliphatic rings. The highest BCUT2D eigenvalue weighted by Gasteiger charge is 2.39. The Morgan fingerprint density at radius 2 is 1.95 bits per heavy atom. The number of rotatable bonds is 2. The first kappa shape index (κ1) is 13.7. The van der Waals surface area contributed by atoms with Gasteiger partial charge in [0.2, 0.25) is 0 Å². The van der Waals surface area contributed by atoms with Gasteiger partial charge in [-0.05, 0) is 7.05 Å². The van der Waals surface area contributed by atoms with Crippen molar-refractivity contribution in [3.05, 3.63) is 42.7 Å². The fraction of sp³-hybridized carbons (Fsp3) is 0.412. The van der Waals surface area contributed by atoms with Crippen LogP contribution in [-0.4, -0.2) is 60.3 Å². The molecule has 0 amide bonds. The lowest BCUT2D eigenvalue weighted by Crippen LogP contribution is -2.48. The van der Waals surface area contributed by atoms with E-state index in [4.69, 9.17) is 4.74 Å². The normalized spacial score (nSPS) is 25.2. The van der Waals surface area contributed by atoms with Crippen molar-refractivity contribution in [2.75, 3.05) is 38.2 Å². The third kappa shape index (κ3) is 2.46. The summed E-state index contributed by atoms with van der Waals surface area (Å²) in [6.45, 7) is 3.69. The van der Waals surface area contributed by atoms with E-state index in [0.717, 1.165) is 43.3 Å². The number of anilines is 1. The van der Waals surface area contributed by atoms with Crippen LogP contribution in [0.2, 0.25) is 0 Å². The number of morpholine rings is 1. The molecule has 4 rings (SSSR count). The Balaban J connectivity index is 1.52. The van der Waals surface area contributed by atoms with Crippen molar-refractivity contribution >= 4 is 5.82 Å². The molecule has 2 aromatic rings. The monoisotopic (exact) mass is 296 g/mol. The van der Waals surface area contributed by atoms with E-state index in [9.17, 15) is 0 Å². The highest BCUT2D eigenvalue weighted by Crippen LogP contribution is 2.26. The van der Waals surface area contributed by atoms with Gasteiger partial charge in [-0.2, -0.15) is 0 Å². The van der Waals surface area contributed by atoms with Crippen LogP contribution >= 0.6 is 0 Å². The zero-order chi connectivity index (χ0) is 14.9. The van der Waals surface area contributed by atoms with Gasteiger partial charge in [0.25, 0.3) is 0 Å². The molecule has 0 N–H and O–H groups in total. The summed E-state index contributed by atoms with van der Waals surface area (Å²) in [7, 11) is 2.17. The third-order valence-corrected chi connectivity index (χ3v) is 4.61. The summed E-state index contributed by atoms with van der Waals surface area (Å²) in [5.74, 6) is 0.936. The first-order valence-electron chi connectivity index (χ1n) is 7.75. The molecule has 0 unspecified atom stereocenters. The number of hydrogen-bond donors (Lipinski definition) is 0. The number of ether oxygens (including phenoxy) is 1. The van der Waals surface area contributed by atoms with E-state index in [2.05, 4.69) is 38.9 Å². The van der Waals surface area contributed by atoms with E-state index < -0.39 is 0 Å². The molecular formula is C17H20N4O. The number of fused-ring (bicyclic) bond motifs is 1. The number of benzene rings is 1. The number of nitrogens with zero attached hydrogens (tertiary/aromatic N) is 4. The smallest absolute Gasteiger partial charge is 0.147 e. The van der Waals surface area contributed by atoms with Crippen LogP contribution < -0.4 is 4.90 Å². The minimum atomic E-state index is 0.286. The van der Waals surface area contributed by atoms with E-state index in [0.29, 0.717) is 6.04 Å². The predicted octanol–water partition coefficient (Wildman–Crippen LogP) is 1.66. The topological polar surface area (TPSA) is 41.5 Å². The molecule has 0 bridgehead atoms. The Morgan fingerprint density at radius 1 is 1.09 bits per heavy atom. The van der Waals surface area contributed by atoms with E-state index in [-0.39, 0.29) is 6.10 Å². The molecule has 114 valence electrons. The molecule has 2 saturated heterocycles. The summed E-state index contributed by atoms with van der Waals surface area (Å²) in [4.78, 5) is 13.8. The largest absolute Gasteiger partial charge is 0.373 e. The van der Waals surface area contributed by atoms with Crippen molar-refractivity contribution in [3.8, 4) is 11.3 Å². The van der Waals surface area contributed by atoms with Crippen LogP contribution in [0, 0.1) is 0 Å². The molecule has 1 aromatic heterocycles. The fourth-order valence-electron chi connectivity index (χ4n) is 3.29. The molecule has 22 heavy (non-hydrogen) atoms. The molecule has 1 aromatic carbocycles. The van der Waals surface area contributed by atoms with Crippen molar-refractivity contribution in [1.82, 2.24) is 14.9 Å². The van der Waals surface area contributed by atoms with Gasteiger partial charge in [-0.1, -0.05) is 30.3 Å². The zero-order valence-corrected chi connectivity index (χ0v) is 12.7. The van der Waals surface area contributed by atoms with E-state index in [1.807, 2.05) is 30.6 Å². The Hall–Kier alpha value is -1.98. The van der Waals surface area contributed by atoms with Crippen LogP contribution in [0.15, 0.2) is 42.7 Å². The molecule has 2 aliphatic heterocycles. The average Bonchev–Trinajstić information content (AvgIpc) is 3.02. The summed E-state index contributed by atoms with van der Waals surface area (Å²) in [5.41, 5.74) is 2.01. The molecule has 0 saturated carbocycles. The second-order valence-electron chi connectivity index (χ2n) is 5.99. The van der Waals surface area contributed by atoms with Crippen LogP contribution in [0.3, 0.4) is 0 Å². The molecule has 0 radical (unpaired) electrons. The van der Waals surface area contributed by atoms with Crippen molar-refractivity contribution in [3.63, 3.8) is 0 Å². The number of likely N-dealkylation sites (N-methyl/N-ethyl adjacent to an activating group) is 1. The Labute approximate surface area is 130 Å². The van der Waals surface area contributed by atoms with Crippen LogP contribution in [0.25, 0.3) is 11.3 Å². The quantitative estimate of drug-likeness (QED) is 0.843. The third-order valence-electron chi connectivity index (χ3n) is 4.61. The van der Waals surface area contributed by atoms with Gasteiger partial charge in [-0.3, -0.25) is 9.88 Å². The van der Waals surface area contributed by atoms with Crippen molar-refractivity contribution in [2.24, 2.45) is 0 Å². The van der Waals surface area contributed by atoms with Gasteiger partial charge in [0.15, 0.2) is 0 Å². The summed E-state index contributed by atoms with van der Waals surface area (Å²) in [5, 5.41) is 0. The second-order valence-corrected chi connectivity index (χ2v) is 5.99. The Kier molecular flexibility index (Phi) is 3.52. The highest BCUT2D eigenvalue weighted by molar-refractivity contribution is 5.58. The maximum Gasteiger partial charge on any atom is 0.147 e. The van der Waals surface area contributed by atoms with Crippen molar-refractivity contribution in [1.29, 1.82) is 0 Å². The molecule has 2 fully saturated rings. The molecule has 5 heteroatoms. The minimum absolute atomic E-state index is 0.286. The molecule has 0 aliphatic carbocycles. The highest BCUT2D eigenvalue weighted by atomic mass is 16.5. The molecule has 5 nitrogen and oxygen atoms in total. The molecular weight excluding hydrogens is 276 g/mol. The SMILES string of the molecule is CN1CCO[C@@H]2CN(c3cnc(-c4ccccc4)cn3)C[C@@H]21. The van der Waals surface area contributed by atoms with Gasteiger partial charge < -0.3 is 9.64 Å². The molecule has 2 atom stereocenters. The number of aromatic nitrogens is 2. The Morgan fingerprint density at radius 3 is 2.68 bits per heavy atom. The standard InChI is InChI=1S/C17H20N4O/c1-20-7-8-22-16-12-21(11-15(16)20)17-10-18-14(9-19-17)13-5-3-2-4-6-13/h2-6,9-10,15-16H,7-8,11-12H2,1H3/t15-,16+/m0/s1. The predicted molar refractivity (Wildman–Crippen MR) is 85.8 cm³/mol. The molecule has 3 heterocycles. The number of hydrogen-bond acceptors (Lipinski definition) is 5. The van der Waals surface area contributed by atoms with Crippen LogP contribution in [0.4, 0.5) is 5.82 Å². The van der Waals surface area contributed by atoms with Gasteiger partial charge in [-0.15, -0.1) is 0 Å². The van der Waals surface area contributed by atoms with E-state index in [1.54, 1.807) is 0 Å². The van der Waals surface area contributed by atoms with Gasteiger partial charge >= 0.3 is 0 Å². The van der Waals surface area contributed by atoms with Crippen LogP contribution in [0.5, 0.6) is 0 Å². The van der Waals surface area contributed by atoms with Gasteiger partial charge in [0, 0.05) is 25.2 Å². The average molecular weight is 296 g/mol. The van der Waals surface area contributed by atoms with Gasteiger partial charge in [0.1, 0.15) is 5.82 Å². The van der Waals surface area contributed by atoms with Gasteiger partial charge in [0.05, 0.1) is 36.8 Å². The lowest BCUT2D eigenvalue weighted by atomic mass is 10.1. The fourth-order valence-corrected chi connectivity index (χ4v) is 3.29. The minimum Gasteiger partial charge on any atom is -0.373 e. The summed E-state index contributed by atoms with van der Waals surface area (Å²) >= 11 is 0. The zero-order valence-electron chi connectivity index (χ0n) is 12.7. The lowest BCUT2D eigenvalue weighted by molar-refractivity contribution is -0.0362. The lowest BCUT2D eigenvalue weighted by Gasteiger charge is -2.33. The van der Waals surface area contributed by atoms with Crippen LogP contribution in [0.1, 0.15) is 0 Å². The summed E-state index contributed by atoms with van der Waals surface area (Å²) in [6, 6.07) is 10.6. The van der Waals surface area contributed by atoms with Crippen LogP contribution in [-0.2, 0) is 4.74 Å². The van der Waals surface area contributed by atoms with Gasteiger partial charge in [-0.25, -0.2) is 4.98 Å². The molecule has 0 spiro atoms. The Bertz CT molecular complexity index is 631. The summed E-state index contributed by atoms with van der Waals surface area (Å²) < 4.78 is 5.89. The van der Waals surface area contributed by atoms with E-state index in [1.165, 1.54) is 0 Å². The van der Waals surface area contributed by atoms with Crippen molar-refractivity contribution in [2.45, 2.75) is 12.1 Å². The summed E-state index contributed by atoms with van der Waals surface area (Å²) in [6.07, 6.45) is 4.02. The first-order chi connectivity index (χ1) is 10.8. The maximum absolute atomic E-state index is 5.89.